The van der Waals surface area contributed by atoms with E-state index in [-0.39, 0.29) is 6.10 Å². The SMILES string of the molecule is CCN(C1CCCCC1)C1CCCCC1O. The summed E-state index contributed by atoms with van der Waals surface area (Å²) < 4.78 is 0. The summed E-state index contributed by atoms with van der Waals surface area (Å²) in [5, 5.41) is 10.2. The van der Waals surface area contributed by atoms with Gasteiger partial charge in [0.2, 0.25) is 0 Å². The first-order valence-electron chi connectivity index (χ1n) is 7.26. The summed E-state index contributed by atoms with van der Waals surface area (Å²) in [6.07, 6.45) is 11.6. The van der Waals surface area contributed by atoms with Crippen LogP contribution in [-0.4, -0.2) is 34.7 Å². The molecule has 2 nitrogen and oxygen atoms in total. The lowest BCUT2D eigenvalue weighted by Crippen LogP contribution is -2.50. The normalized spacial score (nSPS) is 33.2. The largest absolute Gasteiger partial charge is 0.391 e. The van der Waals surface area contributed by atoms with Crippen molar-refractivity contribution in [2.45, 2.75) is 82.9 Å². The third-order valence-electron chi connectivity index (χ3n) is 4.53. The van der Waals surface area contributed by atoms with Crippen molar-refractivity contribution < 1.29 is 5.11 Å². The lowest BCUT2D eigenvalue weighted by molar-refractivity contribution is -0.00712. The fraction of sp³-hybridized carbons (Fsp3) is 1.00. The van der Waals surface area contributed by atoms with Crippen molar-refractivity contribution in [3.05, 3.63) is 0 Å². The van der Waals surface area contributed by atoms with Gasteiger partial charge in [-0.2, -0.15) is 0 Å². The summed E-state index contributed by atoms with van der Waals surface area (Å²) >= 11 is 0. The highest BCUT2D eigenvalue weighted by Gasteiger charge is 2.32. The minimum absolute atomic E-state index is 0.0596. The van der Waals surface area contributed by atoms with Gasteiger partial charge in [0.25, 0.3) is 0 Å². The van der Waals surface area contributed by atoms with E-state index in [0.29, 0.717) is 6.04 Å². The Labute approximate surface area is 100 Å². The summed E-state index contributed by atoms with van der Waals surface area (Å²) in [7, 11) is 0. The van der Waals surface area contributed by atoms with E-state index in [1.165, 1.54) is 51.4 Å². The van der Waals surface area contributed by atoms with E-state index < -0.39 is 0 Å². The van der Waals surface area contributed by atoms with E-state index >= 15 is 0 Å². The highest BCUT2D eigenvalue weighted by atomic mass is 16.3. The topological polar surface area (TPSA) is 23.5 Å². The Hall–Kier alpha value is -0.0800. The van der Waals surface area contributed by atoms with E-state index in [4.69, 9.17) is 0 Å². The van der Waals surface area contributed by atoms with Crippen molar-refractivity contribution >= 4 is 0 Å². The van der Waals surface area contributed by atoms with Crippen LogP contribution in [-0.2, 0) is 0 Å². The monoisotopic (exact) mass is 225 g/mol. The number of nitrogens with zero attached hydrogens (tertiary/aromatic N) is 1. The molecule has 2 atom stereocenters. The smallest absolute Gasteiger partial charge is 0.0695 e. The molecule has 0 aliphatic heterocycles. The van der Waals surface area contributed by atoms with Gasteiger partial charge in [0.15, 0.2) is 0 Å². The van der Waals surface area contributed by atoms with Gasteiger partial charge in [-0.3, -0.25) is 4.90 Å². The van der Waals surface area contributed by atoms with E-state index in [9.17, 15) is 5.11 Å². The standard InChI is InChI=1S/C14H27NO/c1-2-15(12-8-4-3-5-9-12)13-10-6-7-11-14(13)16/h12-14,16H,2-11H2,1H3. The Morgan fingerprint density at radius 3 is 2.19 bits per heavy atom. The van der Waals surface area contributed by atoms with Crippen LogP contribution >= 0.6 is 0 Å². The fourth-order valence-electron chi connectivity index (χ4n) is 3.65. The Morgan fingerprint density at radius 1 is 0.938 bits per heavy atom. The van der Waals surface area contributed by atoms with Crippen molar-refractivity contribution in [3.8, 4) is 0 Å². The first-order chi connectivity index (χ1) is 7.83. The zero-order valence-electron chi connectivity index (χ0n) is 10.7. The second-order valence-electron chi connectivity index (χ2n) is 5.54. The molecule has 0 aromatic heterocycles. The average Bonchev–Trinajstić information content (AvgIpc) is 2.34. The molecule has 2 saturated carbocycles. The summed E-state index contributed by atoms with van der Waals surface area (Å²) in [5.41, 5.74) is 0. The van der Waals surface area contributed by atoms with Crippen LogP contribution in [0.3, 0.4) is 0 Å². The molecule has 0 amide bonds. The summed E-state index contributed by atoms with van der Waals surface area (Å²) in [5.74, 6) is 0. The molecule has 0 aromatic carbocycles. The molecule has 94 valence electrons. The Bertz CT molecular complexity index is 201. The van der Waals surface area contributed by atoms with E-state index in [0.717, 1.165) is 19.0 Å². The summed E-state index contributed by atoms with van der Waals surface area (Å²) in [4.78, 5) is 2.61. The molecule has 0 heterocycles. The second kappa shape index (κ2) is 6.02. The van der Waals surface area contributed by atoms with Crippen LogP contribution in [0.4, 0.5) is 0 Å². The molecule has 0 saturated heterocycles. The third kappa shape index (κ3) is 2.78. The minimum atomic E-state index is -0.0596. The number of aliphatic hydroxyl groups excluding tert-OH is 1. The van der Waals surface area contributed by atoms with E-state index in [2.05, 4.69) is 11.8 Å². The van der Waals surface area contributed by atoms with Gasteiger partial charge in [0, 0.05) is 12.1 Å². The van der Waals surface area contributed by atoms with Crippen molar-refractivity contribution in [2.24, 2.45) is 0 Å². The molecular formula is C14H27NO. The number of likely N-dealkylation sites (N-methyl/N-ethyl adjacent to an activating group) is 1. The second-order valence-corrected chi connectivity index (χ2v) is 5.54. The lowest BCUT2D eigenvalue weighted by Gasteiger charge is -2.43. The fourth-order valence-corrected chi connectivity index (χ4v) is 3.65. The lowest BCUT2D eigenvalue weighted by atomic mass is 9.87. The number of rotatable bonds is 3. The maximum Gasteiger partial charge on any atom is 0.0695 e. The zero-order chi connectivity index (χ0) is 11.4. The zero-order valence-corrected chi connectivity index (χ0v) is 10.7. The number of hydrogen-bond acceptors (Lipinski definition) is 2. The van der Waals surface area contributed by atoms with Crippen LogP contribution in [0.2, 0.25) is 0 Å². The molecule has 1 N–H and O–H groups in total. The molecule has 2 aliphatic rings. The number of aliphatic hydroxyl groups is 1. The maximum absolute atomic E-state index is 10.2. The Kier molecular flexibility index (Phi) is 4.66. The first kappa shape index (κ1) is 12.4. The van der Waals surface area contributed by atoms with Crippen LogP contribution in [0, 0.1) is 0 Å². The summed E-state index contributed by atoms with van der Waals surface area (Å²) in [6.45, 7) is 3.38. The minimum Gasteiger partial charge on any atom is -0.391 e. The van der Waals surface area contributed by atoms with Crippen LogP contribution in [0.1, 0.15) is 64.7 Å². The highest BCUT2D eigenvalue weighted by Crippen LogP contribution is 2.29. The maximum atomic E-state index is 10.2. The molecule has 16 heavy (non-hydrogen) atoms. The quantitative estimate of drug-likeness (QED) is 0.798. The highest BCUT2D eigenvalue weighted by molar-refractivity contribution is 4.87. The van der Waals surface area contributed by atoms with Gasteiger partial charge in [-0.05, 0) is 32.2 Å². The van der Waals surface area contributed by atoms with Gasteiger partial charge < -0.3 is 5.11 Å². The summed E-state index contributed by atoms with van der Waals surface area (Å²) in [6, 6.07) is 1.22. The average molecular weight is 225 g/mol. The molecular weight excluding hydrogens is 198 g/mol. The van der Waals surface area contributed by atoms with Crippen LogP contribution in [0.5, 0.6) is 0 Å². The van der Waals surface area contributed by atoms with Crippen LogP contribution < -0.4 is 0 Å². The molecule has 2 heteroatoms. The van der Waals surface area contributed by atoms with Crippen LogP contribution in [0.15, 0.2) is 0 Å². The van der Waals surface area contributed by atoms with E-state index in [1.807, 2.05) is 0 Å². The van der Waals surface area contributed by atoms with Crippen molar-refractivity contribution in [3.63, 3.8) is 0 Å². The molecule has 0 spiro atoms. The van der Waals surface area contributed by atoms with Gasteiger partial charge in [-0.25, -0.2) is 0 Å². The molecule has 0 bridgehead atoms. The van der Waals surface area contributed by atoms with Crippen LogP contribution in [0.25, 0.3) is 0 Å². The van der Waals surface area contributed by atoms with Gasteiger partial charge in [-0.1, -0.05) is 39.0 Å². The van der Waals surface area contributed by atoms with E-state index in [1.54, 1.807) is 0 Å². The molecule has 2 fully saturated rings. The molecule has 0 aromatic rings. The van der Waals surface area contributed by atoms with Gasteiger partial charge in [-0.15, -0.1) is 0 Å². The Morgan fingerprint density at radius 2 is 1.56 bits per heavy atom. The molecule has 0 radical (unpaired) electrons. The van der Waals surface area contributed by atoms with Crippen molar-refractivity contribution in [1.29, 1.82) is 0 Å². The number of hydrogen-bond donors (Lipinski definition) is 1. The van der Waals surface area contributed by atoms with Gasteiger partial charge >= 0.3 is 0 Å². The molecule has 2 aliphatic carbocycles. The first-order valence-corrected chi connectivity index (χ1v) is 7.26. The van der Waals surface area contributed by atoms with Crippen molar-refractivity contribution in [2.75, 3.05) is 6.54 Å². The molecule has 2 unspecified atom stereocenters. The predicted octanol–water partition coefficient (Wildman–Crippen LogP) is 2.94. The Balaban J connectivity index is 1.96. The van der Waals surface area contributed by atoms with Gasteiger partial charge in [0.1, 0.15) is 0 Å². The third-order valence-corrected chi connectivity index (χ3v) is 4.53. The molecule has 2 rings (SSSR count). The predicted molar refractivity (Wildman–Crippen MR) is 67.5 cm³/mol. The van der Waals surface area contributed by atoms with Crippen molar-refractivity contribution in [1.82, 2.24) is 4.90 Å². The van der Waals surface area contributed by atoms with Gasteiger partial charge in [0.05, 0.1) is 6.10 Å².